The van der Waals surface area contributed by atoms with Gasteiger partial charge in [0.15, 0.2) is 6.10 Å². The maximum absolute atomic E-state index is 15.1. The fourth-order valence-corrected chi connectivity index (χ4v) is 4.09. The summed E-state index contributed by atoms with van der Waals surface area (Å²) >= 11 is 0. The molecule has 8 nitrogen and oxygen atoms in total. The number of para-hydroxylation sites is 2. The van der Waals surface area contributed by atoms with Gasteiger partial charge in [-0.2, -0.15) is 21.5 Å². The van der Waals surface area contributed by atoms with Crippen LogP contribution in [0.4, 0.5) is 19.3 Å². The molecule has 2 aromatic rings. The monoisotopic (exact) mass is 441 g/mol. The normalized spacial score (nSPS) is 17.5. The number of nitrogens with zero attached hydrogens (tertiary/aromatic N) is 1. The average molecular weight is 441 g/mol. The Morgan fingerprint density at radius 3 is 2.40 bits per heavy atom. The Bertz CT molecular complexity index is 1040. The number of hydrogen-bond acceptors (Lipinski definition) is 6. The summed E-state index contributed by atoms with van der Waals surface area (Å²) in [6, 6.07) is 8.91. The average Bonchev–Trinajstić information content (AvgIpc) is 2.70. The van der Waals surface area contributed by atoms with E-state index in [0.717, 1.165) is 6.07 Å². The van der Waals surface area contributed by atoms with Crippen molar-refractivity contribution < 1.29 is 41.4 Å². The van der Waals surface area contributed by atoms with E-state index in [2.05, 4.69) is 0 Å². The minimum absolute atomic E-state index is 0.224. The molecule has 11 heteroatoms. The summed E-state index contributed by atoms with van der Waals surface area (Å²) in [5.41, 5.74) is -0.0831. The molecule has 0 saturated carbocycles. The molecule has 0 amide bonds. The maximum Gasteiger partial charge on any atom is 0.445 e. The van der Waals surface area contributed by atoms with Gasteiger partial charge < -0.3 is 14.6 Å². The number of fused-ring (bicyclic) bond motifs is 1. The number of halogens is 2. The number of anilines is 1. The Balaban J connectivity index is 1.93. The molecule has 1 N–H and O–H groups in total. The molecule has 2 aromatic carbocycles. The smallest absolute Gasteiger partial charge is 0.445 e. The summed E-state index contributed by atoms with van der Waals surface area (Å²) in [6.07, 6.45) is -3.48. The summed E-state index contributed by atoms with van der Waals surface area (Å²) in [7, 11) is -5.33. The summed E-state index contributed by atoms with van der Waals surface area (Å²) in [4.78, 5) is 23.1. The summed E-state index contributed by atoms with van der Waals surface area (Å²) in [5.74, 6) is -1.58. The molecular formula is C19H17F2NO7S. The number of rotatable bonds is 6. The van der Waals surface area contributed by atoms with Gasteiger partial charge in [-0.3, -0.25) is 4.79 Å². The first-order valence-electron chi connectivity index (χ1n) is 8.75. The van der Waals surface area contributed by atoms with Crippen LogP contribution in [0.1, 0.15) is 18.4 Å². The fraction of sp³-hybridized carbons (Fsp3) is 0.263. The van der Waals surface area contributed by atoms with E-state index in [1.54, 1.807) is 30.3 Å². The first-order chi connectivity index (χ1) is 14.1. The largest absolute Gasteiger partial charge is 0.481 e. The molecule has 0 fully saturated rings. The maximum atomic E-state index is 15.1. The van der Waals surface area contributed by atoms with Crippen molar-refractivity contribution in [2.75, 3.05) is 4.31 Å². The van der Waals surface area contributed by atoms with Crippen LogP contribution in [-0.2, 0) is 26.2 Å². The quantitative estimate of drug-likeness (QED) is 0.540. The van der Waals surface area contributed by atoms with Crippen molar-refractivity contribution in [1.29, 1.82) is 0 Å². The highest BCUT2D eigenvalue weighted by Gasteiger charge is 2.58. The van der Waals surface area contributed by atoms with Crippen LogP contribution in [0.15, 0.2) is 54.6 Å². The number of hydrogen-bond donors (Lipinski definition) is 1. The van der Waals surface area contributed by atoms with Gasteiger partial charge in [-0.05, 0) is 17.7 Å². The van der Waals surface area contributed by atoms with E-state index in [1.807, 2.05) is 0 Å². The van der Waals surface area contributed by atoms with E-state index in [1.165, 1.54) is 18.2 Å². The number of aliphatic carboxylic acids is 1. The second-order valence-corrected chi connectivity index (χ2v) is 8.04. The molecule has 1 unspecified atom stereocenters. The van der Waals surface area contributed by atoms with E-state index in [9.17, 15) is 18.0 Å². The lowest BCUT2D eigenvalue weighted by atomic mass is 10.1. The second-order valence-electron chi connectivity index (χ2n) is 6.39. The fourth-order valence-electron chi connectivity index (χ4n) is 2.88. The van der Waals surface area contributed by atoms with Crippen molar-refractivity contribution in [3.8, 4) is 5.75 Å². The van der Waals surface area contributed by atoms with E-state index >= 15 is 8.78 Å². The van der Waals surface area contributed by atoms with Crippen LogP contribution in [0.25, 0.3) is 0 Å². The Morgan fingerprint density at radius 2 is 1.73 bits per heavy atom. The highest BCUT2D eigenvalue weighted by atomic mass is 32.2. The second kappa shape index (κ2) is 8.27. The van der Waals surface area contributed by atoms with Crippen LogP contribution in [0.5, 0.6) is 5.75 Å². The lowest BCUT2D eigenvalue weighted by Gasteiger charge is -2.40. The van der Waals surface area contributed by atoms with Crippen LogP contribution in [-0.4, -0.2) is 36.9 Å². The highest BCUT2D eigenvalue weighted by molar-refractivity contribution is 8.06. The van der Waals surface area contributed by atoms with Gasteiger partial charge in [0.05, 0.1) is 0 Å². The van der Waals surface area contributed by atoms with Gasteiger partial charge in [-0.1, -0.05) is 42.5 Å². The van der Waals surface area contributed by atoms with E-state index in [0.29, 0.717) is 5.56 Å². The molecule has 3 rings (SSSR count). The number of ether oxygens (including phenoxy) is 2. The molecule has 30 heavy (non-hydrogen) atoms. The molecule has 1 aliphatic rings. The molecule has 1 atom stereocenters. The lowest BCUT2D eigenvalue weighted by molar-refractivity contribution is -0.139. The summed E-state index contributed by atoms with van der Waals surface area (Å²) in [5, 5.41) is 6.93. The molecular weight excluding hydrogens is 424 g/mol. The predicted molar refractivity (Wildman–Crippen MR) is 101 cm³/mol. The van der Waals surface area contributed by atoms with Crippen molar-refractivity contribution in [3.05, 3.63) is 60.2 Å². The molecule has 0 spiro atoms. The Labute approximate surface area is 170 Å². The Kier molecular flexibility index (Phi) is 5.92. The lowest BCUT2D eigenvalue weighted by Crippen LogP contribution is -2.59. The van der Waals surface area contributed by atoms with Crippen LogP contribution in [0, 0.1) is 0 Å². The van der Waals surface area contributed by atoms with E-state index < -0.39 is 58.6 Å². The summed E-state index contributed by atoms with van der Waals surface area (Å²) in [6.45, 7) is -0.432. The molecule has 1 heterocycles. The standard InChI is InChI=1S/C19H17F2NO7S/c20-19(21)16(10-11-17(23)24)29-15-9-5-4-8-14(15)22(19)30(26,27)18(25)28-12-13-6-2-1-3-7-13/h1-9,16H,10-12H2,(H,23,24). The number of carboxylic acids is 1. The summed E-state index contributed by atoms with van der Waals surface area (Å²) < 4.78 is 65.3. The zero-order valence-electron chi connectivity index (χ0n) is 15.4. The van der Waals surface area contributed by atoms with Gasteiger partial charge in [0.1, 0.15) is 18.0 Å². The third-order valence-electron chi connectivity index (χ3n) is 4.28. The van der Waals surface area contributed by atoms with Gasteiger partial charge >= 0.3 is 27.3 Å². The van der Waals surface area contributed by atoms with Crippen LogP contribution >= 0.6 is 0 Å². The number of carbonyl (C=O) groups excluding carboxylic acids is 1. The number of carbonyl (C=O) groups is 2. The van der Waals surface area contributed by atoms with Gasteiger partial charge in [-0.25, -0.2) is 4.79 Å². The first kappa shape index (κ1) is 21.5. The van der Waals surface area contributed by atoms with Crippen molar-refractivity contribution in [2.24, 2.45) is 0 Å². The molecule has 0 saturated heterocycles. The van der Waals surface area contributed by atoms with Crippen LogP contribution in [0.2, 0.25) is 0 Å². The topological polar surface area (TPSA) is 110 Å². The molecule has 160 valence electrons. The number of benzene rings is 2. The molecule has 0 radical (unpaired) electrons. The number of carboxylic acid groups (broad SMARTS) is 1. The zero-order chi connectivity index (χ0) is 21.9. The van der Waals surface area contributed by atoms with Crippen molar-refractivity contribution in [3.63, 3.8) is 0 Å². The predicted octanol–water partition coefficient (Wildman–Crippen LogP) is 3.38. The Morgan fingerprint density at radius 1 is 1.10 bits per heavy atom. The third-order valence-corrected chi connectivity index (χ3v) is 5.74. The Hall–Kier alpha value is -3.21. The van der Waals surface area contributed by atoms with E-state index in [-0.39, 0.29) is 10.1 Å². The van der Waals surface area contributed by atoms with Crippen molar-refractivity contribution in [1.82, 2.24) is 0 Å². The van der Waals surface area contributed by atoms with E-state index in [4.69, 9.17) is 14.6 Å². The SMILES string of the molecule is O=C(O)CCC1Oc2ccccc2N(S(=O)(=O)C(=O)OCc2ccccc2)C1(F)F. The number of alkyl halides is 2. The molecule has 0 aliphatic carbocycles. The molecule has 1 aliphatic heterocycles. The zero-order valence-corrected chi connectivity index (χ0v) is 16.2. The van der Waals surface area contributed by atoms with Gasteiger partial charge in [0, 0.05) is 12.8 Å². The minimum Gasteiger partial charge on any atom is -0.481 e. The minimum atomic E-state index is -5.33. The number of sulfonamides is 1. The van der Waals surface area contributed by atoms with Crippen molar-refractivity contribution in [2.45, 2.75) is 31.6 Å². The molecule has 0 aromatic heterocycles. The first-order valence-corrected chi connectivity index (χ1v) is 10.2. The van der Waals surface area contributed by atoms with Crippen LogP contribution in [0.3, 0.4) is 0 Å². The van der Waals surface area contributed by atoms with Gasteiger partial charge in [0.2, 0.25) is 0 Å². The van der Waals surface area contributed by atoms with Gasteiger partial charge in [-0.15, -0.1) is 0 Å². The van der Waals surface area contributed by atoms with Gasteiger partial charge in [0.25, 0.3) is 0 Å². The molecule has 0 bridgehead atoms. The third kappa shape index (κ3) is 4.20. The highest BCUT2D eigenvalue weighted by Crippen LogP contribution is 2.46. The van der Waals surface area contributed by atoms with Crippen LogP contribution < -0.4 is 9.04 Å². The van der Waals surface area contributed by atoms with Crippen molar-refractivity contribution >= 4 is 27.0 Å².